The lowest BCUT2D eigenvalue weighted by Crippen LogP contribution is -2.67. The maximum atomic E-state index is 14.1. The topological polar surface area (TPSA) is 84.4 Å². The van der Waals surface area contributed by atoms with Gasteiger partial charge < -0.3 is 19.8 Å². The fourth-order valence-corrected chi connectivity index (χ4v) is 5.81. The number of halogens is 1. The van der Waals surface area contributed by atoms with Crippen molar-refractivity contribution in [1.82, 2.24) is 14.7 Å². The highest BCUT2D eigenvalue weighted by Crippen LogP contribution is 2.38. The van der Waals surface area contributed by atoms with Gasteiger partial charge in [-0.15, -0.1) is 0 Å². The van der Waals surface area contributed by atoms with E-state index < -0.39 is 24.1 Å². The molecule has 2 bridgehead atoms. The Kier molecular flexibility index (Phi) is 7.74. The van der Waals surface area contributed by atoms with Crippen LogP contribution >= 0.6 is 11.6 Å². The second-order valence-corrected chi connectivity index (χ2v) is 10.3. The Bertz CT molecular complexity index is 1280. The number of hydrogen-bond acceptors (Lipinski definition) is 3. The molecule has 3 atom stereocenters. The number of nitrogens with zero attached hydrogens (tertiary/aromatic N) is 4. The summed E-state index contributed by atoms with van der Waals surface area (Å²) >= 11 is 6.02. The van der Waals surface area contributed by atoms with Gasteiger partial charge in [-0.1, -0.05) is 60.1 Å². The van der Waals surface area contributed by atoms with E-state index in [0.29, 0.717) is 42.3 Å². The maximum absolute atomic E-state index is 14.1. The summed E-state index contributed by atoms with van der Waals surface area (Å²) in [7, 11) is 0. The number of likely N-dealkylation sites (tertiary alicyclic amines) is 1. The average Bonchev–Trinajstić information content (AvgIpc) is 3.25. The number of amides is 4. The molecule has 2 saturated heterocycles. The van der Waals surface area contributed by atoms with Crippen LogP contribution in [0.2, 0.25) is 5.02 Å². The molecule has 3 aromatic carbocycles. The number of anilines is 2. The first-order valence-corrected chi connectivity index (χ1v) is 13.5. The van der Waals surface area contributed by atoms with Crippen LogP contribution < -0.4 is 4.90 Å². The third-order valence-corrected chi connectivity index (χ3v) is 7.78. The van der Waals surface area contributed by atoms with E-state index in [1.54, 1.807) is 26.8 Å². The molecule has 3 aromatic rings. The van der Waals surface area contributed by atoms with Crippen LogP contribution in [0, 0.1) is 0 Å². The van der Waals surface area contributed by atoms with Crippen molar-refractivity contribution in [2.24, 2.45) is 0 Å². The van der Waals surface area contributed by atoms with Crippen molar-refractivity contribution in [1.29, 1.82) is 0 Å². The van der Waals surface area contributed by atoms with Crippen LogP contribution in [0.1, 0.15) is 25.3 Å². The lowest BCUT2D eigenvalue weighted by atomic mass is 10.0. The molecule has 8 nitrogen and oxygen atoms in total. The average molecular weight is 547 g/mol. The molecule has 0 aliphatic carbocycles. The number of carboxylic acid groups (broad SMARTS) is 1. The molecule has 1 N–H and O–H groups in total. The SMILES string of the molecule is CCN(Cc1ccc(Cl)cc1)C(=O)N1[C@H]2CC[C@H]1[C@@H](C(=O)O)N(C(=O)N(c1ccccc1)c1ccccc1)C2. The first kappa shape index (κ1) is 26.6. The Morgan fingerprint density at radius 3 is 2.00 bits per heavy atom. The van der Waals surface area contributed by atoms with Crippen molar-refractivity contribution in [2.45, 2.75) is 44.4 Å². The van der Waals surface area contributed by atoms with Gasteiger partial charge in [0.25, 0.3) is 0 Å². The van der Waals surface area contributed by atoms with Gasteiger partial charge in [0.2, 0.25) is 0 Å². The normalized spacial score (nSPS) is 20.0. The molecule has 0 aromatic heterocycles. The highest BCUT2D eigenvalue weighted by molar-refractivity contribution is 6.30. The Morgan fingerprint density at radius 1 is 0.872 bits per heavy atom. The third kappa shape index (κ3) is 5.29. The maximum Gasteiger partial charge on any atom is 0.329 e. The van der Waals surface area contributed by atoms with Gasteiger partial charge in [0.15, 0.2) is 6.04 Å². The summed E-state index contributed by atoms with van der Waals surface area (Å²) in [6.45, 7) is 2.90. The molecule has 0 saturated carbocycles. The van der Waals surface area contributed by atoms with Gasteiger partial charge in [-0.05, 0) is 61.7 Å². The number of carboxylic acids is 1. The van der Waals surface area contributed by atoms with Gasteiger partial charge in [0.1, 0.15) is 0 Å². The lowest BCUT2D eigenvalue weighted by molar-refractivity contribution is -0.145. The third-order valence-electron chi connectivity index (χ3n) is 7.53. The van der Waals surface area contributed by atoms with E-state index in [9.17, 15) is 19.5 Å². The summed E-state index contributed by atoms with van der Waals surface area (Å²) in [6, 6.07) is 23.0. The summed E-state index contributed by atoms with van der Waals surface area (Å²) in [5, 5.41) is 11.0. The van der Waals surface area contributed by atoms with E-state index in [-0.39, 0.29) is 18.6 Å². The molecule has 4 amide bonds. The van der Waals surface area contributed by atoms with E-state index in [1.165, 1.54) is 4.90 Å². The fourth-order valence-electron chi connectivity index (χ4n) is 5.68. The summed E-state index contributed by atoms with van der Waals surface area (Å²) < 4.78 is 0. The summed E-state index contributed by atoms with van der Waals surface area (Å²) in [5.74, 6) is -1.12. The van der Waals surface area contributed by atoms with Crippen LogP contribution in [0.4, 0.5) is 21.0 Å². The summed E-state index contributed by atoms with van der Waals surface area (Å²) in [4.78, 5) is 47.0. The largest absolute Gasteiger partial charge is 0.480 e. The number of urea groups is 2. The molecular formula is C30H31ClN4O4. The molecule has 2 fully saturated rings. The zero-order chi connectivity index (χ0) is 27.5. The van der Waals surface area contributed by atoms with Crippen molar-refractivity contribution < 1.29 is 19.5 Å². The minimum atomic E-state index is -1.16. The van der Waals surface area contributed by atoms with Gasteiger partial charge >= 0.3 is 18.0 Å². The molecule has 2 aliphatic heterocycles. The highest BCUT2D eigenvalue weighted by atomic mass is 35.5. The van der Waals surface area contributed by atoms with E-state index in [2.05, 4.69) is 0 Å². The van der Waals surface area contributed by atoms with Gasteiger partial charge in [0.05, 0.1) is 23.5 Å². The monoisotopic (exact) mass is 546 g/mol. The van der Waals surface area contributed by atoms with Crippen LogP contribution in [0.3, 0.4) is 0 Å². The number of carbonyl (C=O) groups excluding carboxylic acids is 2. The number of fused-ring (bicyclic) bond motifs is 2. The van der Waals surface area contributed by atoms with E-state index in [4.69, 9.17) is 11.6 Å². The van der Waals surface area contributed by atoms with Crippen molar-refractivity contribution in [2.75, 3.05) is 18.0 Å². The number of carbonyl (C=O) groups is 3. The standard InChI is InChI=1S/C30H31ClN4O4/c1-2-32(19-21-13-15-22(31)16-14-21)29(38)35-25-17-18-26(35)27(28(36)37)33(20-25)30(39)34(23-9-5-3-6-10-23)24-11-7-4-8-12-24/h3-16,25-27H,2,17-20H2,1H3,(H,36,37)/t25-,26-,27-/m0/s1. The molecule has 5 rings (SSSR count). The molecule has 2 aliphatic rings. The lowest BCUT2D eigenvalue weighted by Gasteiger charge is -2.47. The Labute approximate surface area is 233 Å². The van der Waals surface area contributed by atoms with Gasteiger partial charge in [0, 0.05) is 24.7 Å². The number of rotatable bonds is 6. The van der Waals surface area contributed by atoms with E-state index >= 15 is 0 Å². The minimum absolute atomic E-state index is 0.146. The van der Waals surface area contributed by atoms with Crippen molar-refractivity contribution >= 4 is 41.0 Å². The van der Waals surface area contributed by atoms with Crippen LogP contribution in [-0.4, -0.2) is 69.1 Å². The van der Waals surface area contributed by atoms with Gasteiger partial charge in [-0.3, -0.25) is 4.90 Å². The quantitative estimate of drug-likeness (QED) is 0.421. The second kappa shape index (κ2) is 11.4. The number of aliphatic carboxylic acids is 1. The predicted octanol–water partition coefficient (Wildman–Crippen LogP) is 5.84. The smallest absolute Gasteiger partial charge is 0.329 e. The van der Waals surface area contributed by atoms with Crippen molar-refractivity contribution in [3.8, 4) is 0 Å². The van der Waals surface area contributed by atoms with Crippen LogP contribution in [-0.2, 0) is 11.3 Å². The molecule has 9 heteroatoms. The molecule has 2 heterocycles. The second-order valence-electron chi connectivity index (χ2n) is 9.85. The Balaban J connectivity index is 1.43. The first-order valence-electron chi connectivity index (χ1n) is 13.1. The van der Waals surface area contributed by atoms with Crippen LogP contribution in [0.5, 0.6) is 0 Å². The summed E-state index contributed by atoms with van der Waals surface area (Å²) in [6.07, 6.45) is 1.16. The molecular weight excluding hydrogens is 516 g/mol. The number of para-hydroxylation sites is 2. The van der Waals surface area contributed by atoms with E-state index in [1.807, 2.05) is 79.7 Å². The Morgan fingerprint density at radius 2 is 1.46 bits per heavy atom. The van der Waals surface area contributed by atoms with Crippen LogP contribution in [0.15, 0.2) is 84.9 Å². The molecule has 39 heavy (non-hydrogen) atoms. The van der Waals surface area contributed by atoms with Crippen LogP contribution in [0.25, 0.3) is 0 Å². The highest BCUT2D eigenvalue weighted by Gasteiger charge is 2.54. The molecule has 0 radical (unpaired) electrons. The zero-order valence-electron chi connectivity index (χ0n) is 21.7. The van der Waals surface area contributed by atoms with Gasteiger partial charge in [-0.2, -0.15) is 0 Å². The number of benzene rings is 3. The molecule has 0 unspecified atom stereocenters. The van der Waals surface area contributed by atoms with E-state index in [0.717, 1.165) is 5.56 Å². The number of hydrogen-bond donors (Lipinski definition) is 1. The molecule has 0 spiro atoms. The van der Waals surface area contributed by atoms with Crippen molar-refractivity contribution in [3.63, 3.8) is 0 Å². The predicted molar refractivity (Wildman–Crippen MR) is 150 cm³/mol. The minimum Gasteiger partial charge on any atom is -0.480 e. The zero-order valence-corrected chi connectivity index (χ0v) is 22.4. The fraction of sp³-hybridized carbons (Fsp3) is 0.300. The van der Waals surface area contributed by atoms with Crippen molar-refractivity contribution in [3.05, 3.63) is 95.5 Å². The number of piperazine rings is 1. The molecule has 202 valence electrons. The summed E-state index contributed by atoms with van der Waals surface area (Å²) in [5.41, 5.74) is 2.22. The van der Waals surface area contributed by atoms with Gasteiger partial charge in [-0.25, -0.2) is 14.4 Å². The first-order chi connectivity index (χ1) is 18.9. The Hall–Kier alpha value is -4.04.